The Kier molecular flexibility index (Phi) is 4.74. The van der Waals surface area contributed by atoms with Crippen LogP contribution in [0.1, 0.15) is 25.0 Å². The van der Waals surface area contributed by atoms with Crippen LogP contribution in [-0.2, 0) is 6.54 Å². The predicted octanol–water partition coefficient (Wildman–Crippen LogP) is 4.42. The van der Waals surface area contributed by atoms with Crippen molar-refractivity contribution < 1.29 is 9.13 Å². The smallest absolute Gasteiger partial charge is 0.130 e. The van der Waals surface area contributed by atoms with Crippen LogP contribution in [0, 0.1) is 12.7 Å². The minimum Gasteiger partial charge on any atom is -0.457 e. The topological polar surface area (TPSA) is 21.3 Å². The van der Waals surface area contributed by atoms with E-state index in [0.717, 1.165) is 17.9 Å². The van der Waals surface area contributed by atoms with Crippen LogP contribution >= 0.6 is 0 Å². The second-order valence-corrected chi connectivity index (χ2v) is 5.19. The molecule has 0 aliphatic heterocycles. The van der Waals surface area contributed by atoms with Crippen LogP contribution in [0.25, 0.3) is 0 Å². The molecule has 0 heterocycles. The van der Waals surface area contributed by atoms with E-state index < -0.39 is 0 Å². The summed E-state index contributed by atoms with van der Waals surface area (Å²) in [6, 6.07) is 12.9. The fourth-order valence-corrected chi connectivity index (χ4v) is 1.85. The molecule has 106 valence electrons. The van der Waals surface area contributed by atoms with Gasteiger partial charge in [-0.25, -0.2) is 4.39 Å². The molecule has 0 aliphatic rings. The van der Waals surface area contributed by atoms with Gasteiger partial charge in [-0.1, -0.05) is 26.0 Å². The van der Waals surface area contributed by atoms with Gasteiger partial charge in [-0.15, -0.1) is 0 Å². The highest BCUT2D eigenvalue weighted by molar-refractivity contribution is 5.38. The van der Waals surface area contributed by atoms with Crippen molar-refractivity contribution in [3.8, 4) is 11.5 Å². The molecule has 0 spiro atoms. The summed E-state index contributed by atoms with van der Waals surface area (Å²) in [5, 5.41) is 3.36. The zero-order chi connectivity index (χ0) is 14.5. The van der Waals surface area contributed by atoms with Gasteiger partial charge in [0.15, 0.2) is 0 Å². The van der Waals surface area contributed by atoms with Crippen LogP contribution in [-0.4, -0.2) is 6.04 Å². The minimum atomic E-state index is -0.245. The normalized spacial score (nSPS) is 10.8. The van der Waals surface area contributed by atoms with Crippen LogP contribution in [0.2, 0.25) is 0 Å². The van der Waals surface area contributed by atoms with E-state index in [-0.39, 0.29) is 5.82 Å². The predicted molar refractivity (Wildman–Crippen MR) is 79.6 cm³/mol. The standard InChI is InChI=1S/C17H20FNO/c1-12(2)19-11-14-4-7-16(8-5-14)20-17-9-6-15(18)10-13(17)3/h4-10,12,19H,11H2,1-3H3. The number of benzene rings is 2. The Balaban J connectivity index is 2.03. The second-order valence-electron chi connectivity index (χ2n) is 5.19. The molecule has 0 aliphatic carbocycles. The lowest BCUT2D eigenvalue weighted by Gasteiger charge is -2.11. The summed E-state index contributed by atoms with van der Waals surface area (Å²) >= 11 is 0. The van der Waals surface area contributed by atoms with Gasteiger partial charge in [0.2, 0.25) is 0 Å². The van der Waals surface area contributed by atoms with Crippen LogP contribution < -0.4 is 10.1 Å². The van der Waals surface area contributed by atoms with Gasteiger partial charge in [-0.05, 0) is 48.4 Å². The lowest BCUT2D eigenvalue weighted by molar-refractivity contribution is 0.476. The highest BCUT2D eigenvalue weighted by Crippen LogP contribution is 2.25. The number of rotatable bonds is 5. The molecule has 2 nitrogen and oxygen atoms in total. The van der Waals surface area contributed by atoms with Crippen LogP contribution in [0.4, 0.5) is 4.39 Å². The van der Waals surface area contributed by atoms with E-state index in [9.17, 15) is 4.39 Å². The molecule has 20 heavy (non-hydrogen) atoms. The number of ether oxygens (including phenoxy) is 1. The molecule has 0 bridgehead atoms. The average Bonchev–Trinajstić information content (AvgIpc) is 2.41. The largest absolute Gasteiger partial charge is 0.457 e. The fraction of sp³-hybridized carbons (Fsp3) is 0.294. The third-order valence-corrected chi connectivity index (χ3v) is 3.00. The Labute approximate surface area is 119 Å². The van der Waals surface area contributed by atoms with Crippen molar-refractivity contribution in [1.29, 1.82) is 0 Å². The van der Waals surface area contributed by atoms with Crippen LogP contribution in [0.5, 0.6) is 11.5 Å². The maximum absolute atomic E-state index is 13.0. The van der Waals surface area contributed by atoms with Gasteiger partial charge in [-0.3, -0.25) is 0 Å². The molecule has 0 aromatic heterocycles. The van der Waals surface area contributed by atoms with Crippen LogP contribution in [0.15, 0.2) is 42.5 Å². The SMILES string of the molecule is Cc1cc(F)ccc1Oc1ccc(CNC(C)C)cc1. The Morgan fingerprint density at radius 2 is 1.80 bits per heavy atom. The van der Waals surface area contributed by atoms with Gasteiger partial charge >= 0.3 is 0 Å². The van der Waals surface area contributed by atoms with E-state index in [0.29, 0.717) is 11.8 Å². The van der Waals surface area contributed by atoms with Crippen molar-refractivity contribution in [3.63, 3.8) is 0 Å². The third kappa shape index (κ3) is 4.07. The van der Waals surface area contributed by atoms with E-state index >= 15 is 0 Å². The summed E-state index contributed by atoms with van der Waals surface area (Å²) in [7, 11) is 0. The van der Waals surface area contributed by atoms with Crippen molar-refractivity contribution in [3.05, 3.63) is 59.4 Å². The third-order valence-electron chi connectivity index (χ3n) is 3.00. The van der Waals surface area contributed by atoms with Gasteiger partial charge in [0, 0.05) is 12.6 Å². The molecule has 1 N–H and O–H groups in total. The molecule has 0 amide bonds. The molecule has 2 aromatic carbocycles. The summed E-state index contributed by atoms with van der Waals surface area (Å²) < 4.78 is 18.8. The average molecular weight is 273 g/mol. The molecule has 3 heteroatoms. The van der Waals surface area contributed by atoms with E-state index in [4.69, 9.17) is 4.74 Å². The van der Waals surface area contributed by atoms with Crippen molar-refractivity contribution in [1.82, 2.24) is 5.32 Å². The number of nitrogens with one attached hydrogen (secondary N) is 1. The molecule has 0 radical (unpaired) electrons. The monoisotopic (exact) mass is 273 g/mol. The Bertz CT molecular complexity index is 564. The number of aryl methyl sites for hydroxylation is 1. The van der Waals surface area contributed by atoms with Crippen molar-refractivity contribution in [2.75, 3.05) is 0 Å². The van der Waals surface area contributed by atoms with E-state index in [1.54, 1.807) is 6.07 Å². The maximum atomic E-state index is 13.0. The molecule has 2 aromatic rings. The molecule has 0 fully saturated rings. The molecule has 0 saturated carbocycles. The molecule has 0 saturated heterocycles. The summed E-state index contributed by atoms with van der Waals surface area (Å²) in [6.45, 7) is 6.91. The molecular formula is C17H20FNO. The van der Waals surface area contributed by atoms with Gasteiger partial charge in [0.05, 0.1) is 0 Å². The maximum Gasteiger partial charge on any atom is 0.130 e. The Morgan fingerprint density at radius 3 is 2.40 bits per heavy atom. The van der Waals surface area contributed by atoms with E-state index in [1.165, 1.54) is 17.7 Å². The first-order valence-corrected chi connectivity index (χ1v) is 6.81. The number of halogens is 1. The van der Waals surface area contributed by atoms with Gasteiger partial charge < -0.3 is 10.1 Å². The summed E-state index contributed by atoms with van der Waals surface area (Å²) in [5.41, 5.74) is 2.00. The molecule has 2 rings (SSSR count). The lowest BCUT2D eigenvalue weighted by Crippen LogP contribution is -2.21. The number of hydrogen-bond donors (Lipinski definition) is 1. The number of hydrogen-bond acceptors (Lipinski definition) is 2. The first-order chi connectivity index (χ1) is 9.54. The highest BCUT2D eigenvalue weighted by Gasteiger charge is 2.03. The summed E-state index contributed by atoms with van der Waals surface area (Å²) in [6.07, 6.45) is 0. The summed E-state index contributed by atoms with van der Waals surface area (Å²) in [5.74, 6) is 1.19. The van der Waals surface area contributed by atoms with Gasteiger partial charge in [0.1, 0.15) is 17.3 Å². The van der Waals surface area contributed by atoms with Crippen molar-refractivity contribution >= 4 is 0 Å². The Hall–Kier alpha value is -1.87. The zero-order valence-corrected chi connectivity index (χ0v) is 12.1. The second kappa shape index (κ2) is 6.53. The van der Waals surface area contributed by atoms with Crippen LogP contribution in [0.3, 0.4) is 0 Å². The van der Waals surface area contributed by atoms with Gasteiger partial charge in [0.25, 0.3) is 0 Å². The Morgan fingerprint density at radius 1 is 1.10 bits per heavy atom. The van der Waals surface area contributed by atoms with E-state index in [1.807, 2.05) is 31.2 Å². The molecule has 0 atom stereocenters. The first-order valence-electron chi connectivity index (χ1n) is 6.81. The first kappa shape index (κ1) is 14.5. The lowest BCUT2D eigenvalue weighted by atomic mass is 10.2. The van der Waals surface area contributed by atoms with Crippen molar-refractivity contribution in [2.24, 2.45) is 0 Å². The molecule has 0 unspecified atom stereocenters. The fourth-order valence-electron chi connectivity index (χ4n) is 1.85. The highest BCUT2D eigenvalue weighted by atomic mass is 19.1. The zero-order valence-electron chi connectivity index (χ0n) is 12.1. The quantitative estimate of drug-likeness (QED) is 0.870. The summed E-state index contributed by atoms with van der Waals surface area (Å²) in [4.78, 5) is 0. The molecular weight excluding hydrogens is 253 g/mol. The minimum absolute atomic E-state index is 0.245. The van der Waals surface area contributed by atoms with E-state index in [2.05, 4.69) is 19.2 Å². The van der Waals surface area contributed by atoms with Gasteiger partial charge in [-0.2, -0.15) is 0 Å². The van der Waals surface area contributed by atoms with Crippen molar-refractivity contribution in [2.45, 2.75) is 33.4 Å².